The van der Waals surface area contributed by atoms with E-state index >= 15 is 0 Å². The van der Waals surface area contributed by atoms with Crippen LogP contribution in [-0.2, 0) is 65.4 Å². The van der Waals surface area contributed by atoms with Crippen molar-refractivity contribution in [3.05, 3.63) is 0 Å². The molecule has 3 unspecified atom stereocenters. The molecule has 0 aliphatic carbocycles. The number of carbonyl (C=O) groups excluding carboxylic acids is 4. The number of ether oxygens (including phenoxy) is 4. The predicted octanol–water partition coefficient (Wildman–Crippen LogP) is 18.9. The Morgan fingerprint density at radius 2 is 0.552 bits per heavy atom. The number of phosphoric acid groups is 2. The van der Waals surface area contributed by atoms with Gasteiger partial charge in [0.25, 0.3) is 0 Å². The number of aliphatic hydroxyl groups excluding tert-OH is 1. The first-order valence-corrected chi connectivity index (χ1v) is 38.2. The van der Waals surface area contributed by atoms with Crippen molar-refractivity contribution in [1.29, 1.82) is 0 Å². The molecule has 0 spiro atoms. The molecule has 0 radical (unpaired) electrons. The largest absolute Gasteiger partial charge is 0.472 e. The first-order chi connectivity index (χ1) is 41.6. The van der Waals surface area contributed by atoms with Gasteiger partial charge in [-0.1, -0.05) is 280 Å². The lowest BCUT2D eigenvalue weighted by molar-refractivity contribution is -0.161. The molecule has 0 aliphatic rings. The topological polar surface area (TPSA) is 237 Å². The second-order valence-electron chi connectivity index (χ2n) is 26.2. The average molecular weight is 1280 g/mol. The van der Waals surface area contributed by atoms with Crippen molar-refractivity contribution in [3.8, 4) is 0 Å². The summed E-state index contributed by atoms with van der Waals surface area (Å²) in [6.45, 7) is 14.0. The lowest BCUT2D eigenvalue weighted by Gasteiger charge is -2.21. The molecular weight excluding hydrogens is 1150 g/mol. The lowest BCUT2D eigenvalue weighted by atomic mass is 10.00. The second-order valence-corrected chi connectivity index (χ2v) is 29.1. The van der Waals surface area contributed by atoms with E-state index in [1.165, 1.54) is 128 Å². The summed E-state index contributed by atoms with van der Waals surface area (Å²) in [4.78, 5) is 72.3. The first kappa shape index (κ1) is 85.1. The zero-order valence-corrected chi connectivity index (χ0v) is 58.4. The molecule has 0 aliphatic heterocycles. The smallest absolute Gasteiger partial charge is 0.462 e. The van der Waals surface area contributed by atoms with Gasteiger partial charge in [-0.3, -0.25) is 37.3 Å². The molecule has 87 heavy (non-hydrogen) atoms. The minimum absolute atomic E-state index is 0.101. The molecule has 0 amide bonds. The van der Waals surface area contributed by atoms with E-state index in [0.29, 0.717) is 37.5 Å². The molecule has 0 aromatic carbocycles. The SMILES string of the molecule is CCC(C)CCCCCCCCC(=O)O[C@H](COC(=O)CCCCCCCCC(C)C)COP(=O)(O)OC[C@H](O)COP(=O)(O)OC[C@@H](COC(=O)CCCCCCCCCCCCCCCCCC(C)C)OC(=O)CCCCCCCCCC(C)C. The Balaban J connectivity index is 5.17. The van der Waals surface area contributed by atoms with Crippen molar-refractivity contribution >= 4 is 39.5 Å². The molecule has 0 bridgehead atoms. The van der Waals surface area contributed by atoms with E-state index in [1.807, 2.05) is 0 Å². The molecule has 0 saturated carbocycles. The van der Waals surface area contributed by atoms with Crippen LogP contribution in [0.25, 0.3) is 0 Å². The van der Waals surface area contributed by atoms with Crippen LogP contribution >= 0.6 is 15.6 Å². The van der Waals surface area contributed by atoms with Crippen LogP contribution in [0.2, 0.25) is 0 Å². The van der Waals surface area contributed by atoms with E-state index in [9.17, 15) is 43.2 Å². The number of phosphoric ester groups is 2. The Morgan fingerprint density at radius 1 is 0.322 bits per heavy atom. The van der Waals surface area contributed by atoms with Crippen LogP contribution in [0.1, 0.15) is 331 Å². The van der Waals surface area contributed by atoms with Gasteiger partial charge < -0.3 is 33.8 Å². The molecular formula is C68H132O17P2. The number of rotatable bonds is 65. The van der Waals surface area contributed by atoms with E-state index in [4.69, 9.17) is 37.0 Å². The summed E-state index contributed by atoms with van der Waals surface area (Å²) in [6.07, 6.45) is 39.3. The van der Waals surface area contributed by atoms with Crippen LogP contribution in [-0.4, -0.2) is 96.7 Å². The van der Waals surface area contributed by atoms with Gasteiger partial charge in [-0.05, 0) is 49.4 Å². The molecule has 0 saturated heterocycles. The zero-order chi connectivity index (χ0) is 64.7. The van der Waals surface area contributed by atoms with Crippen molar-refractivity contribution in [2.45, 2.75) is 350 Å². The quantitative estimate of drug-likeness (QED) is 0.0222. The standard InChI is InChI=1S/C68H132O17P2/c1-9-61(8)47-39-31-25-27-35-43-51-68(73)85-64(55-79-66(71)49-41-33-26-24-30-38-46-60(6)7)57-83-87(76,77)81-53-62(69)52-80-86(74,75)82-56-63(84-67(72)50-42-34-23-19-21-29-37-45-59(4)5)54-78-65(70)48-40-32-22-18-16-14-12-10-11-13-15-17-20-28-36-44-58(2)3/h58-64,69H,9-57H2,1-8H3,(H,74,75)(H,76,77)/t61?,62-,63-,64-/m1/s1. The van der Waals surface area contributed by atoms with E-state index < -0.39 is 97.5 Å². The maximum Gasteiger partial charge on any atom is 0.472 e. The maximum absolute atomic E-state index is 13.0. The Morgan fingerprint density at radius 3 is 0.816 bits per heavy atom. The fraction of sp³-hybridized carbons (Fsp3) is 0.941. The summed E-state index contributed by atoms with van der Waals surface area (Å²) in [5.41, 5.74) is 0. The number of esters is 4. The molecule has 516 valence electrons. The van der Waals surface area contributed by atoms with Gasteiger partial charge in [0.1, 0.15) is 19.3 Å². The number of hydrogen-bond donors (Lipinski definition) is 3. The molecule has 3 N–H and O–H groups in total. The average Bonchev–Trinajstić information content (AvgIpc) is 3.48. The third-order valence-electron chi connectivity index (χ3n) is 15.9. The Hall–Kier alpha value is -1.94. The highest BCUT2D eigenvalue weighted by Crippen LogP contribution is 2.45. The number of aliphatic hydroxyl groups is 1. The summed E-state index contributed by atoms with van der Waals surface area (Å²) in [5, 5.41) is 10.6. The molecule has 0 aromatic heterocycles. The third-order valence-corrected chi connectivity index (χ3v) is 17.8. The highest BCUT2D eigenvalue weighted by atomic mass is 31.2. The van der Waals surface area contributed by atoms with Gasteiger partial charge in [0, 0.05) is 25.7 Å². The number of unbranched alkanes of at least 4 members (excludes halogenated alkanes) is 30. The van der Waals surface area contributed by atoms with Gasteiger partial charge in [0.2, 0.25) is 0 Å². The molecule has 6 atom stereocenters. The Kier molecular flexibility index (Phi) is 56.6. The fourth-order valence-corrected chi connectivity index (χ4v) is 11.7. The predicted molar refractivity (Wildman–Crippen MR) is 349 cm³/mol. The van der Waals surface area contributed by atoms with Crippen molar-refractivity contribution in [1.82, 2.24) is 0 Å². The van der Waals surface area contributed by atoms with Crippen molar-refractivity contribution in [3.63, 3.8) is 0 Å². The maximum atomic E-state index is 13.0. The normalized spacial score (nSPS) is 14.6. The molecule has 17 nitrogen and oxygen atoms in total. The van der Waals surface area contributed by atoms with Gasteiger partial charge >= 0.3 is 39.5 Å². The second kappa shape index (κ2) is 57.9. The van der Waals surface area contributed by atoms with E-state index in [0.717, 1.165) is 108 Å². The minimum atomic E-state index is -4.95. The van der Waals surface area contributed by atoms with Crippen molar-refractivity contribution in [2.24, 2.45) is 23.7 Å². The van der Waals surface area contributed by atoms with Gasteiger partial charge in [-0.25, -0.2) is 9.13 Å². The van der Waals surface area contributed by atoms with Gasteiger partial charge in [-0.2, -0.15) is 0 Å². The van der Waals surface area contributed by atoms with Crippen LogP contribution in [0.3, 0.4) is 0 Å². The number of hydrogen-bond acceptors (Lipinski definition) is 15. The van der Waals surface area contributed by atoms with Crippen LogP contribution in [0.4, 0.5) is 0 Å². The Bertz CT molecular complexity index is 1730. The lowest BCUT2D eigenvalue weighted by Crippen LogP contribution is -2.30. The van der Waals surface area contributed by atoms with Gasteiger partial charge in [0.15, 0.2) is 12.2 Å². The monoisotopic (exact) mass is 1280 g/mol. The summed E-state index contributed by atoms with van der Waals surface area (Å²) >= 11 is 0. The molecule has 19 heteroatoms. The fourth-order valence-electron chi connectivity index (χ4n) is 10.1. The van der Waals surface area contributed by atoms with E-state index in [2.05, 4.69) is 55.4 Å². The van der Waals surface area contributed by atoms with E-state index in [-0.39, 0.29) is 25.7 Å². The highest BCUT2D eigenvalue weighted by Gasteiger charge is 2.30. The van der Waals surface area contributed by atoms with E-state index in [1.54, 1.807) is 0 Å². The van der Waals surface area contributed by atoms with Crippen molar-refractivity contribution < 1.29 is 80.2 Å². The molecule has 0 fully saturated rings. The number of carbonyl (C=O) groups is 4. The van der Waals surface area contributed by atoms with Crippen LogP contribution in [0, 0.1) is 23.7 Å². The van der Waals surface area contributed by atoms with Crippen LogP contribution in [0.15, 0.2) is 0 Å². The molecule has 0 aromatic rings. The zero-order valence-electron chi connectivity index (χ0n) is 56.6. The van der Waals surface area contributed by atoms with Crippen molar-refractivity contribution in [2.75, 3.05) is 39.6 Å². The Labute approximate surface area is 530 Å². The summed E-state index contributed by atoms with van der Waals surface area (Å²) in [7, 11) is -9.89. The molecule has 0 heterocycles. The summed E-state index contributed by atoms with van der Waals surface area (Å²) < 4.78 is 68.1. The highest BCUT2D eigenvalue weighted by molar-refractivity contribution is 7.47. The summed E-state index contributed by atoms with van der Waals surface area (Å²) in [5.74, 6) is 0.762. The van der Waals surface area contributed by atoms with Crippen LogP contribution < -0.4 is 0 Å². The summed E-state index contributed by atoms with van der Waals surface area (Å²) in [6, 6.07) is 0. The van der Waals surface area contributed by atoms with Gasteiger partial charge in [-0.15, -0.1) is 0 Å². The molecule has 0 rings (SSSR count). The third kappa shape index (κ3) is 61.3. The minimum Gasteiger partial charge on any atom is -0.462 e. The van der Waals surface area contributed by atoms with Gasteiger partial charge in [0.05, 0.1) is 26.4 Å². The first-order valence-electron chi connectivity index (χ1n) is 35.2. The van der Waals surface area contributed by atoms with Crippen LogP contribution in [0.5, 0.6) is 0 Å².